The number of benzene rings is 2. The summed E-state index contributed by atoms with van der Waals surface area (Å²) < 4.78 is 0. The van der Waals surface area contributed by atoms with Gasteiger partial charge in [0, 0.05) is 0 Å². The van der Waals surface area contributed by atoms with Gasteiger partial charge in [0.05, 0.1) is 5.92 Å². The SMILES string of the molecule is Cc1ccc(C(C(=O)O)C(C)C)c2ccccc12. The molecule has 1 N–H and O–H groups in total. The van der Waals surface area contributed by atoms with Crippen molar-refractivity contribution in [2.45, 2.75) is 26.7 Å². The third-order valence-electron chi connectivity index (χ3n) is 3.44. The van der Waals surface area contributed by atoms with Crippen LogP contribution < -0.4 is 0 Å². The Morgan fingerprint density at radius 3 is 2.22 bits per heavy atom. The second-order valence-electron chi connectivity index (χ2n) is 5.08. The number of hydrogen-bond donors (Lipinski definition) is 1. The van der Waals surface area contributed by atoms with Crippen molar-refractivity contribution >= 4 is 16.7 Å². The summed E-state index contributed by atoms with van der Waals surface area (Å²) in [6.07, 6.45) is 0. The van der Waals surface area contributed by atoms with E-state index in [1.54, 1.807) is 0 Å². The van der Waals surface area contributed by atoms with Crippen LogP contribution in [0, 0.1) is 12.8 Å². The molecule has 0 bridgehead atoms. The van der Waals surface area contributed by atoms with Gasteiger partial charge in [-0.05, 0) is 34.7 Å². The molecule has 1 unspecified atom stereocenters. The van der Waals surface area contributed by atoms with E-state index in [4.69, 9.17) is 0 Å². The molecule has 2 aromatic carbocycles. The van der Waals surface area contributed by atoms with Gasteiger partial charge in [-0.1, -0.05) is 50.2 Å². The number of aryl methyl sites for hydroxylation is 1. The maximum Gasteiger partial charge on any atom is 0.311 e. The number of carbonyl (C=O) groups is 1. The fourth-order valence-corrected chi connectivity index (χ4v) is 2.52. The van der Waals surface area contributed by atoms with Gasteiger partial charge in [-0.3, -0.25) is 4.79 Å². The van der Waals surface area contributed by atoms with Crippen molar-refractivity contribution in [3.05, 3.63) is 47.5 Å². The van der Waals surface area contributed by atoms with E-state index < -0.39 is 11.9 Å². The molecule has 2 rings (SSSR count). The summed E-state index contributed by atoms with van der Waals surface area (Å²) in [6.45, 7) is 5.96. The molecule has 0 saturated heterocycles. The minimum absolute atomic E-state index is 0.0774. The van der Waals surface area contributed by atoms with E-state index in [0.717, 1.165) is 16.3 Å². The minimum Gasteiger partial charge on any atom is -0.481 e. The Balaban J connectivity index is 2.71. The number of hydrogen-bond acceptors (Lipinski definition) is 1. The standard InChI is InChI=1S/C16H18O2/c1-10(2)15(16(17)18)14-9-8-11(3)12-6-4-5-7-13(12)14/h4-10,15H,1-3H3,(H,17,18). The molecule has 0 spiro atoms. The highest BCUT2D eigenvalue weighted by molar-refractivity contribution is 5.92. The molecule has 0 aliphatic rings. The first kappa shape index (κ1) is 12.6. The normalized spacial score (nSPS) is 12.9. The predicted molar refractivity (Wildman–Crippen MR) is 73.9 cm³/mol. The molecule has 2 aromatic rings. The monoisotopic (exact) mass is 242 g/mol. The van der Waals surface area contributed by atoms with E-state index >= 15 is 0 Å². The van der Waals surface area contributed by atoms with Crippen LogP contribution in [0.15, 0.2) is 36.4 Å². The van der Waals surface area contributed by atoms with Crippen LogP contribution >= 0.6 is 0 Å². The van der Waals surface area contributed by atoms with Crippen molar-refractivity contribution < 1.29 is 9.90 Å². The molecule has 2 nitrogen and oxygen atoms in total. The zero-order valence-electron chi connectivity index (χ0n) is 11.0. The summed E-state index contributed by atoms with van der Waals surface area (Å²) in [5, 5.41) is 11.6. The van der Waals surface area contributed by atoms with Crippen LogP contribution in [-0.4, -0.2) is 11.1 Å². The first-order valence-electron chi connectivity index (χ1n) is 6.23. The number of aliphatic carboxylic acids is 1. The molecule has 0 radical (unpaired) electrons. The van der Waals surface area contributed by atoms with E-state index in [9.17, 15) is 9.90 Å². The first-order chi connectivity index (χ1) is 8.52. The predicted octanol–water partition coefficient (Wildman–Crippen LogP) is 3.97. The van der Waals surface area contributed by atoms with Crippen LogP contribution in [0.4, 0.5) is 0 Å². The Labute approximate surface area is 107 Å². The lowest BCUT2D eigenvalue weighted by atomic mass is 9.85. The summed E-state index contributed by atoms with van der Waals surface area (Å²) >= 11 is 0. The first-order valence-corrected chi connectivity index (χ1v) is 6.23. The smallest absolute Gasteiger partial charge is 0.311 e. The van der Waals surface area contributed by atoms with Crippen molar-refractivity contribution in [1.29, 1.82) is 0 Å². The molecular weight excluding hydrogens is 224 g/mol. The van der Waals surface area contributed by atoms with Gasteiger partial charge in [-0.2, -0.15) is 0 Å². The lowest BCUT2D eigenvalue weighted by Crippen LogP contribution is -2.17. The van der Waals surface area contributed by atoms with Gasteiger partial charge in [0.1, 0.15) is 0 Å². The van der Waals surface area contributed by atoms with Crippen molar-refractivity contribution in [2.75, 3.05) is 0 Å². The lowest BCUT2D eigenvalue weighted by Gasteiger charge is -2.19. The van der Waals surface area contributed by atoms with Crippen LogP contribution in [0.25, 0.3) is 10.8 Å². The third kappa shape index (κ3) is 2.10. The Bertz CT molecular complexity index is 585. The molecule has 2 heteroatoms. The van der Waals surface area contributed by atoms with Gasteiger partial charge < -0.3 is 5.11 Å². The molecule has 0 saturated carbocycles. The van der Waals surface area contributed by atoms with Gasteiger partial charge in [-0.25, -0.2) is 0 Å². The molecule has 1 atom stereocenters. The molecule has 18 heavy (non-hydrogen) atoms. The largest absolute Gasteiger partial charge is 0.481 e. The number of carboxylic acids is 1. The second-order valence-corrected chi connectivity index (χ2v) is 5.08. The average molecular weight is 242 g/mol. The van der Waals surface area contributed by atoms with Crippen molar-refractivity contribution in [3.63, 3.8) is 0 Å². The molecular formula is C16H18O2. The van der Waals surface area contributed by atoms with Crippen LogP contribution in [0.5, 0.6) is 0 Å². The molecule has 0 fully saturated rings. The molecule has 94 valence electrons. The fourth-order valence-electron chi connectivity index (χ4n) is 2.52. The number of fused-ring (bicyclic) bond motifs is 1. The van der Waals surface area contributed by atoms with Gasteiger partial charge >= 0.3 is 5.97 Å². The molecule has 0 aromatic heterocycles. The Morgan fingerprint density at radius 2 is 1.67 bits per heavy atom. The second kappa shape index (κ2) is 4.81. The third-order valence-corrected chi connectivity index (χ3v) is 3.44. The Hall–Kier alpha value is -1.83. The van der Waals surface area contributed by atoms with Gasteiger partial charge in [0.2, 0.25) is 0 Å². The molecule has 0 aliphatic carbocycles. The highest BCUT2D eigenvalue weighted by Crippen LogP contribution is 2.32. The van der Waals surface area contributed by atoms with E-state index in [1.807, 2.05) is 50.2 Å². The van der Waals surface area contributed by atoms with Crippen molar-refractivity contribution in [1.82, 2.24) is 0 Å². The minimum atomic E-state index is -0.751. The highest BCUT2D eigenvalue weighted by atomic mass is 16.4. The van der Waals surface area contributed by atoms with E-state index in [0.29, 0.717) is 0 Å². The summed E-state index contributed by atoms with van der Waals surface area (Å²) in [6, 6.07) is 12.0. The summed E-state index contributed by atoms with van der Waals surface area (Å²) in [5.41, 5.74) is 2.10. The van der Waals surface area contributed by atoms with Crippen LogP contribution in [0.1, 0.15) is 30.9 Å². The van der Waals surface area contributed by atoms with Gasteiger partial charge in [0.15, 0.2) is 0 Å². The molecule has 0 amide bonds. The van der Waals surface area contributed by atoms with Crippen LogP contribution in [0.2, 0.25) is 0 Å². The zero-order chi connectivity index (χ0) is 13.3. The molecule has 0 heterocycles. The van der Waals surface area contributed by atoms with E-state index in [-0.39, 0.29) is 5.92 Å². The summed E-state index contributed by atoms with van der Waals surface area (Å²) in [4.78, 5) is 11.5. The highest BCUT2D eigenvalue weighted by Gasteiger charge is 2.25. The Kier molecular flexibility index (Phi) is 3.37. The summed E-state index contributed by atoms with van der Waals surface area (Å²) in [5.74, 6) is -1.12. The zero-order valence-corrected chi connectivity index (χ0v) is 11.0. The van der Waals surface area contributed by atoms with Crippen molar-refractivity contribution in [3.8, 4) is 0 Å². The maximum absolute atomic E-state index is 11.5. The maximum atomic E-state index is 11.5. The van der Waals surface area contributed by atoms with Gasteiger partial charge in [0.25, 0.3) is 0 Å². The van der Waals surface area contributed by atoms with E-state index in [1.165, 1.54) is 5.56 Å². The van der Waals surface area contributed by atoms with Crippen molar-refractivity contribution in [2.24, 2.45) is 5.92 Å². The lowest BCUT2D eigenvalue weighted by molar-refractivity contribution is -0.139. The summed E-state index contributed by atoms with van der Waals surface area (Å²) in [7, 11) is 0. The van der Waals surface area contributed by atoms with E-state index in [2.05, 4.69) is 6.92 Å². The average Bonchev–Trinajstić information content (AvgIpc) is 2.32. The van der Waals surface area contributed by atoms with Crippen LogP contribution in [-0.2, 0) is 4.79 Å². The van der Waals surface area contributed by atoms with Crippen LogP contribution in [0.3, 0.4) is 0 Å². The molecule has 0 aliphatic heterocycles. The topological polar surface area (TPSA) is 37.3 Å². The fraction of sp³-hybridized carbons (Fsp3) is 0.312. The number of carboxylic acid groups (broad SMARTS) is 1. The van der Waals surface area contributed by atoms with Gasteiger partial charge in [-0.15, -0.1) is 0 Å². The number of rotatable bonds is 3. The quantitative estimate of drug-likeness (QED) is 0.884. The Morgan fingerprint density at radius 1 is 1.06 bits per heavy atom.